The molecule has 0 bridgehead atoms. The first-order valence-corrected chi connectivity index (χ1v) is 18.3. The Hall–Kier alpha value is -3.28. The molecule has 19 nitrogen and oxygen atoms in total. The smallest absolute Gasteiger partial charge is 0.341 e. The van der Waals surface area contributed by atoms with Gasteiger partial charge in [-0.3, -0.25) is 19.8 Å². The number of hydrogen-bond acceptors (Lipinski definition) is 19. The van der Waals surface area contributed by atoms with Crippen LogP contribution in [0, 0.1) is 11.3 Å². The zero-order valence-electron chi connectivity index (χ0n) is 30.5. The molecule has 7 N–H and O–H groups in total. The van der Waals surface area contributed by atoms with Crippen LogP contribution in [0.4, 0.5) is 0 Å². The Balaban J connectivity index is 1.78. The number of ether oxygens (including phenoxy) is 7. The van der Waals surface area contributed by atoms with E-state index in [1.165, 1.54) is 32.7 Å². The highest BCUT2D eigenvalue weighted by atomic mass is 32.2. The average molecular weight is 807 g/mol. The Morgan fingerprint density at radius 2 is 1.78 bits per heavy atom. The van der Waals surface area contributed by atoms with Crippen molar-refractivity contribution in [1.29, 1.82) is 5.41 Å². The molecule has 4 aliphatic rings. The van der Waals surface area contributed by atoms with Crippen molar-refractivity contribution in [1.82, 2.24) is 5.32 Å². The van der Waals surface area contributed by atoms with Gasteiger partial charge in [-0.25, -0.2) is 9.59 Å². The molecule has 302 valence electrons. The highest BCUT2D eigenvalue weighted by molar-refractivity contribution is 8.23. The monoisotopic (exact) mass is 806 g/mol. The standard InChI is InChI=1S/C33H46N2O17S2/c1-11(2)29(42)49-14(5)33(45)13(4)48-19(8-18(33)46-7)51-25-23(38)27(32(44)9-16(37)21(34)20(26(32)39)28(40)41)50-17(10-47-15(6)36)24(25)52-30(43)22-12(3)54-31(53)35-22/h11-14,17-19,22-25,27,34,38-39,44-45H,8-10H2,1-7H3,(H,35,53)(H,40,41)/t12?,13?,14-,17?,18?,19?,22?,23?,24?,25?,27-,32+,33?/m0/s1. The molecule has 13 atom stereocenters. The molecule has 3 heterocycles. The highest BCUT2D eigenvalue weighted by Crippen LogP contribution is 2.42. The van der Waals surface area contributed by atoms with E-state index in [4.69, 9.17) is 50.8 Å². The molecule has 3 saturated heterocycles. The van der Waals surface area contributed by atoms with Crippen molar-refractivity contribution in [2.45, 2.75) is 132 Å². The van der Waals surface area contributed by atoms with E-state index in [0.29, 0.717) is 4.32 Å². The fourth-order valence-corrected chi connectivity index (χ4v) is 8.25. The summed E-state index contributed by atoms with van der Waals surface area (Å²) in [5.74, 6) is -7.39. The summed E-state index contributed by atoms with van der Waals surface area (Å²) in [7, 11) is 1.28. The first-order chi connectivity index (χ1) is 25.1. The second-order valence-corrected chi connectivity index (χ2v) is 15.9. The first-order valence-electron chi connectivity index (χ1n) is 17.0. The number of methoxy groups -OCH3 is 1. The minimum atomic E-state index is -3.00. The van der Waals surface area contributed by atoms with Gasteiger partial charge in [0.25, 0.3) is 0 Å². The summed E-state index contributed by atoms with van der Waals surface area (Å²) in [6, 6.07) is -1.00. The van der Waals surface area contributed by atoms with Gasteiger partial charge in [0.15, 0.2) is 29.4 Å². The number of aliphatic carboxylic acids is 1. The predicted molar refractivity (Wildman–Crippen MR) is 187 cm³/mol. The topological polar surface area (TPSA) is 287 Å². The van der Waals surface area contributed by atoms with Gasteiger partial charge in [-0.15, -0.1) is 0 Å². The van der Waals surface area contributed by atoms with Crippen LogP contribution in [0.25, 0.3) is 0 Å². The van der Waals surface area contributed by atoms with E-state index >= 15 is 0 Å². The molecule has 0 saturated carbocycles. The van der Waals surface area contributed by atoms with Crippen molar-refractivity contribution in [3.63, 3.8) is 0 Å². The zero-order valence-corrected chi connectivity index (χ0v) is 32.1. The largest absolute Gasteiger partial charge is 0.508 e. The number of carbonyl (C=O) groups is 5. The van der Waals surface area contributed by atoms with Crippen LogP contribution in [0.1, 0.15) is 54.4 Å². The zero-order chi connectivity index (χ0) is 40.6. The Bertz CT molecular complexity index is 1570. The van der Waals surface area contributed by atoms with Crippen molar-refractivity contribution in [2.24, 2.45) is 5.92 Å². The van der Waals surface area contributed by atoms with Crippen molar-refractivity contribution in [3.8, 4) is 0 Å². The van der Waals surface area contributed by atoms with Gasteiger partial charge in [0, 0.05) is 25.7 Å². The maximum absolute atomic E-state index is 13.6. The van der Waals surface area contributed by atoms with Gasteiger partial charge in [0.05, 0.1) is 24.5 Å². The number of aliphatic hydroxyl groups is 4. The van der Waals surface area contributed by atoms with E-state index in [0.717, 1.165) is 6.92 Å². The van der Waals surface area contributed by atoms with Crippen molar-refractivity contribution in [3.05, 3.63) is 11.3 Å². The molecular weight excluding hydrogens is 760 g/mol. The third kappa shape index (κ3) is 8.43. The molecule has 10 unspecified atom stereocenters. The number of ketones is 1. The average Bonchev–Trinajstić information content (AvgIpc) is 3.43. The summed E-state index contributed by atoms with van der Waals surface area (Å²) < 4.78 is 40.7. The Morgan fingerprint density at radius 3 is 2.31 bits per heavy atom. The Labute approximate surface area is 319 Å². The summed E-state index contributed by atoms with van der Waals surface area (Å²) in [4.78, 5) is 62.9. The number of thiocarbonyl (C=S) groups is 1. The van der Waals surface area contributed by atoms with Gasteiger partial charge in [-0.05, 0) is 13.8 Å². The maximum Gasteiger partial charge on any atom is 0.341 e. The van der Waals surface area contributed by atoms with Gasteiger partial charge >= 0.3 is 23.9 Å². The third-order valence-corrected chi connectivity index (χ3v) is 11.3. The van der Waals surface area contributed by atoms with Crippen LogP contribution in [0.5, 0.6) is 0 Å². The molecule has 0 spiro atoms. The lowest BCUT2D eigenvalue weighted by Gasteiger charge is -2.52. The molecule has 0 aromatic rings. The third-order valence-electron chi connectivity index (χ3n) is 9.88. The Morgan fingerprint density at radius 1 is 1.13 bits per heavy atom. The van der Waals surface area contributed by atoms with E-state index in [-0.39, 0.29) is 6.42 Å². The van der Waals surface area contributed by atoms with E-state index in [1.807, 2.05) is 0 Å². The quantitative estimate of drug-likeness (QED) is 0.0739. The molecular formula is C33H46N2O17S2. The van der Waals surface area contributed by atoms with Crippen LogP contribution in [0.2, 0.25) is 0 Å². The summed E-state index contributed by atoms with van der Waals surface area (Å²) in [6.07, 6.45) is -15.8. The van der Waals surface area contributed by atoms with E-state index in [1.54, 1.807) is 20.8 Å². The van der Waals surface area contributed by atoms with Crippen molar-refractivity contribution < 1.29 is 82.7 Å². The first kappa shape index (κ1) is 43.4. The fraction of sp³-hybridized carbons (Fsp3) is 0.727. The fourth-order valence-electron chi connectivity index (χ4n) is 6.82. The van der Waals surface area contributed by atoms with Crippen molar-refractivity contribution in [2.75, 3.05) is 13.7 Å². The van der Waals surface area contributed by atoms with Crippen LogP contribution < -0.4 is 5.32 Å². The number of carbonyl (C=O) groups excluding carboxylic acids is 4. The number of Topliss-reactive ketones (excluding diaryl/α,β-unsaturated/α-hetero) is 1. The Kier molecular flexibility index (Phi) is 13.5. The molecule has 3 aliphatic heterocycles. The van der Waals surface area contributed by atoms with Gasteiger partial charge in [0.2, 0.25) is 0 Å². The normalized spacial score (nSPS) is 37.8. The minimum absolute atomic E-state index is 0.300. The number of carboxylic acids is 1. The number of nitrogens with one attached hydrogen (secondary N) is 2. The van der Waals surface area contributed by atoms with Crippen LogP contribution in [0.15, 0.2) is 11.3 Å². The molecule has 1 aliphatic carbocycles. The lowest BCUT2D eigenvalue weighted by atomic mass is 9.74. The second-order valence-electron chi connectivity index (χ2n) is 13.8. The van der Waals surface area contributed by atoms with Crippen LogP contribution in [0.3, 0.4) is 0 Å². The van der Waals surface area contributed by atoms with E-state index in [9.17, 15) is 49.5 Å². The number of esters is 3. The number of hydrogen-bond donors (Lipinski definition) is 7. The van der Waals surface area contributed by atoms with E-state index < -0.39 is 143 Å². The van der Waals surface area contributed by atoms with Crippen molar-refractivity contribution >= 4 is 63.7 Å². The lowest BCUT2D eigenvalue weighted by Crippen LogP contribution is -2.70. The van der Waals surface area contributed by atoms with E-state index in [2.05, 4.69) is 5.32 Å². The van der Waals surface area contributed by atoms with Gasteiger partial charge in [-0.1, -0.05) is 44.8 Å². The molecule has 4 rings (SSSR count). The molecule has 54 heavy (non-hydrogen) atoms. The number of carboxylic acid groups (broad SMARTS) is 1. The summed E-state index contributed by atoms with van der Waals surface area (Å²) >= 11 is 6.37. The summed E-state index contributed by atoms with van der Waals surface area (Å²) in [5, 5.41) is 66.7. The van der Waals surface area contributed by atoms with Crippen LogP contribution in [-0.4, -0.2) is 157 Å². The molecule has 0 amide bonds. The predicted octanol–water partition coefficient (Wildman–Crippen LogP) is -0.558. The molecule has 3 fully saturated rings. The SMILES string of the molecule is COC1CC(OC2C(OC(=O)C3NC(=S)SC3C)C(COC(C)=O)O[C@H]([C@@]3(O)CC(=O)C(=N)C(C(=O)O)=C3O)C2O)OC(C)C1(O)[C@H](C)OC(=O)C(C)C. The van der Waals surface area contributed by atoms with Gasteiger partial charge < -0.3 is 64.0 Å². The molecule has 0 radical (unpaired) electrons. The molecule has 0 aromatic heterocycles. The molecule has 21 heteroatoms. The highest BCUT2D eigenvalue weighted by Gasteiger charge is 2.62. The van der Waals surface area contributed by atoms with Gasteiger partial charge in [-0.2, -0.15) is 0 Å². The number of aliphatic hydroxyl groups excluding tert-OH is 2. The minimum Gasteiger partial charge on any atom is -0.508 e. The number of thioether (sulfide) groups is 1. The second kappa shape index (κ2) is 16.8. The maximum atomic E-state index is 13.6. The van der Waals surface area contributed by atoms with Crippen LogP contribution in [-0.2, 0) is 57.1 Å². The van der Waals surface area contributed by atoms with Crippen LogP contribution >= 0.6 is 24.0 Å². The lowest BCUT2D eigenvalue weighted by molar-refractivity contribution is -0.345. The van der Waals surface area contributed by atoms with Gasteiger partial charge in [0.1, 0.15) is 64.5 Å². The number of rotatable bonds is 12. The summed E-state index contributed by atoms with van der Waals surface area (Å²) in [6.45, 7) is 8.16. The summed E-state index contributed by atoms with van der Waals surface area (Å²) in [5.41, 5.74) is -7.31. The molecule has 0 aromatic carbocycles.